The Bertz CT molecular complexity index is 502. The van der Waals surface area contributed by atoms with Crippen molar-refractivity contribution in [2.24, 2.45) is 5.73 Å². The third-order valence-electron chi connectivity index (χ3n) is 2.49. The lowest BCUT2D eigenvalue weighted by Crippen LogP contribution is -2.30. The van der Waals surface area contributed by atoms with E-state index in [1.165, 1.54) is 0 Å². The fraction of sp³-hybridized carbons (Fsp3) is 0.308. The number of rotatable bonds is 7. The average Bonchev–Trinajstić information content (AvgIpc) is 2.36. The van der Waals surface area contributed by atoms with Crippen molar-refractivity contribution in [3.05, 3.63) is 29.8 Å². The van der Waals surface area contributed by atoms with Gasteiger partial charge in [0.25, 0.3) is 0 Å². The van der Waals surface area contributed by atoms with Gasteiger partial charge >= 0.3 is 12.0 Å². The topological polar surface area (TPSA) is 122 Å². The van der Waals surface area contributed by atoms with E-state index >= 15 is 0 Å². The molecule has 0 saturated carbocycles. The summed E-state index contributed by atoms with van der Waals surface area (Å²) in [4.78, 5) is 32.8. The van der Waals surface area contributed by atoms with Gasteiger partial charge in [0.2, 0.25) is 5.91 Å². The quantitative estimate of drug-likeness (QED) is 0.549. The van der Waals surface area contributed by atoms with Crippen LogP contribution in [0.15, 0.2) is 24.3 Å². The summed E-state index contributed by atoms with van der Waals surface area (Å²) in [7, 11) is 0. The number of hydrogen-bond acceptors (Lipinski definition) is 3. The number of carboxylic acid groups (broad SMARTS) is 1. The van der Waals surface area contributed by atoms with Gasteiger partial charge in [-0.15, -0.1) is 0 Å². The van der Waals surface area contributed by atoms with Crippen LogP contribution < -0.4 is 16.4 Å². The number of amides is 3. The van der Waals surface area contributed by atoms with Crippen LogP contribution in [-0.4, -0.2) is 29.6 Å². The standard InChI is InChI=1S/C13H17N3O4/c14-11(17)6-3-7-15-13(20)16-10-5-2-1-4-9(10)8-12(18)19/h1-2,4-5H,3,6-8H2,(H2,14,17)(H,18,19)(H2,15,16,20). The van der Waals surface area contributed by atoms with Crippen LogP contribution >= 0.6 is 0 Å². The van der Waals surface area contributed by atoms with Crippen molar-refractivity contribution < 1.29 is 19.5 Å². The van der Waals surface area contributed by atoms with Crippen LogP contribution in [0.2, 0.25) is 0 Å². The first-order chi connectivity index (χ1) is 9.49. The molecule has 0 fully saturated rings. The molecule has 0 aromatic heterocycles. The molecule has 0 spiro atoms. The van der Waals surface area contributed by atoms with Gasteiger partial charge in [-0.3, -0.25) is 9.59 Å². The Balaban J connectivity index is 2.49. The van der Waals surface area contributed by atoms with E-state index < -0.39 is 17.9 Å². The van der Waals surface area contributed by atoms with Crippen LogP contribution in [0.1, 0.15) is 18.4 Å². The monoisotopic (exact) mass is 279 g/mol. The van der Waals surface area contributed by atoms with Crippen molar-refractivity contribution in [3.8, 4) is 0 Å². The number of benzene rings is 1. The molecule has 20 heavy (non-hydrogen) atoms. The zero-order valence-electron chi connectivity index (χ0n) is 10.9. The first-order valence-electron chi connectivity index (χ1n) is 6.12. The van der Waals surface area contributed by atoms with Crippen molar-refractivity contribution >= 4 is 23.6 Å². The molecule has 0 aliphatic rings. The number of carboxylic acids is 1. The molecule has 7 heteroatoms. The molecule has 5 N–H and O–H groups in total. The molecule has 0 aliphatic carbocycles. The predicted molar refractivity (Wildman–Crippen MR) is 73.2 cm³/mol. The van der Waals surface area contributed by atoms with Gasteiger partial charge in [-0.2, -0.15) is 0 Å². The van der Waals surface area contributed by atoms with Crippen molar-refractivity contribution in [1.29, 1.82) is 0 Å². The summed E-state index contributed by atoms with van der Waals surface area (Å²) in [5.74, 6) is -1.39. The summed E-state index contributed by atoms with van der Waals surface area (Å²) in [5, 5.41) is 13.9. The lowest BCUT2D eigenvalue weighted by atomic mass is 10.1. The number of para-hydroxylation sites is 1. The molecule has 1 rings (SSSR count). The molecule has 0 atom stereocenters. The van der Waals surface area contributed by atoms with Crippen LogP contribution in [0, 0.1) is 0 Å². The molecule has 0 heterocycles. The Kier molecular flexibility index (Phi) is 6.02. The highest BCUT2D eigenvalue weighted by Gasteiger charge is 2.08. The van der Waals surface area contributed by atoms with Crippen LogP contribution in [-0.2, 0) is 16.0 Å². The van der Waals surface area contributed by atoms with Crippen molar-refractivity contribution in [2.45, 2.75) is 19.3 Å². The minimum atomic E-state index is -0.971. The van der Waals surface area contributed by atoms with Crippen LogP contribution in [0.3, 0.4) is 0 Å². The van der Waals surface area contributed by atoms with Gasteiger partial charge in [0.1, 0.15) is 0 Å². The number of nitrogens with one attached hydrogen (secondary N) is 2. The number of primary amides is 1. The third kappa shape index (κ3) is 5.85. The van der Waals surface area contributed by atoms with E-state index in [9.17, 15) is 14.4 Å². The zero-order valence-corrected chi connectivity index (χ0v) is 10.9. The summed E-state index contributed by atoms with van der Waals surface area (Å²) < 4.78 is 0. The van der Waals surface area contributed by atoms with Gasteiger partial charge in [-0.25, -0.2) is 4.79 Å². The number of anilines is 1. The molecule has 0 aliphatic heterocycles. The second-order valence-electron chi connectivity index (χ2n) is 4.18. The molecule has 0 bridgehead atoms. The number of nitrogens with two attached hydrogens (primary N) is 1. The molecule has 0 unspecified atom stereocenters. The Morgan fingerprint density at radius 1 is 1.20 bits per heavy atom. The van der Waals surface area contributed by atoms with Gasteiger partial charge in [-0.1, -0.05) is 18.2 Å². The largest absolute Gasteiger partial charge is 0.481 e. The lowest BCUT2D eigenvalue weighted by Gasteiger charge is -2.10. The molecule has 108 valence electrons. The normalized spacial score (nSPS) is 9.80. The summed E-state index contributed by atoms with van der Waals surface area (Å²) >= 11 is 0. The average molecular weight is 279 g/mol. The maximum Gasteiger partial charge on any atom is 0.319 e. The smallest absolute Gasteiger partial charge is 0.319 e. The second kappa shape index (κ2) is 7.78. The Morgan fingerprint density at radius 2 is 1.90 bits per heavy atom. The van der Waals surface area contributed by atoms with E-state index in [-0.39, 0.29) is 12.8 Å². The van der Waals surface area contributed by atoms with Crippen LogP contribution in [0.25, 0.3) is 0 Å². The van der Waals surface area contributed by atoms with Crippen LogP contribution in [0.4, 0.5) is 10.5 Å². The molecule has 1 aromatic rings. The minimum absolute atomic E-state index is 0.169. The van der Waals surface area contributed by atoms with E-state index in [4.69, 9.17) is 10.8 Å². The number of aliphatic carboxylic acids is 1. The fourth-order valence-electron chi connectivity index (χ4n) is 1.59. The van der Waals surface area contributed by atoms with E-state index in [2.05, 4.69) is 10.6 Å². The zero-order chi connectivity index (χ0) is 15.0. The fourth-order valence-corrected chi connectivity index (χ4v) is 1.59. The second-order valence-corrected chi connectivity index (χ2v) is 4.18. The van der Waals surface area contributed by atoms with Gasteiger partial charge in [-0.05, 0) is 18.1 Å². The first-order valence-corrected chi connectivity index (χ1v) is 6.12. The van der Waals surface area contributed by atoms with Crippen molar-refractivity contribution in [3.63, 3.8) is 0 Å². The van der Waals surface area contributed by atoms with Gasteiger partial charge < -0.3 is 21.5 Å². The Labute approximate surface area is 116 Å². The van der Waals surface area contributed by atoms with Gasteiger partial charge in [0.05, 0.1) is 6.42 Å². The molecule has 0 radical (unpaired) electrons. The van der Waals surface area contributed by atoms with Crippen molar-refractivity contribution in [2.75, 3.05) is 11.9 Å². The third-order valence-corrected chi connectivity index (χ3v) is 2.49. The minimum Gasteiger partial charge on any atom is -0.481 e. The molecular weight excluding hydrogens is 262 g/mol. The number of hydrogen-bond donors (Lipinski definition) is 4. The first kappa shape index (κ1) is 15.5. The molecule has 7 nitrogen and oxygen atoms in total. The van der Waals surface area contributed by atoms with Crippen molar-refractivity contribution in [1.82, 2.24) is 5.32 Å². The van der Waals surface area contributed by atoms with E-state index in [1.54, 1.807) is 24.3 Å². The van der Waals surface area contributed by atoms with Crippen LogP contribution in [0.5, 0.6) is 0 Å². The SMILES string of the molecule is NC(=O)CCCNC(=O)Nc1ccccc1CC(=O)O. The Morgan fingerprint density at radius 3 is 2.55 bits per heavy atom. The Hall–Kier alpha value is -2.57. The summed E-state index contributed by atoms with van der Waals surface area (Å²) in [6.07, 6.45) is 0.494. The highest BCUT2D eigenvalue weighted by atomic mass is 16.4. The maximum atomic E-state index is 11.6. The number of carbonyl (C=O) groups is 3. The summed E-state index contributed by atoms with van der Waals surface area (Å²) in [5.41, 5.74) is 5.94. The highest BCUT2D eigenvalue weighted by molar-refractivity contribution is 5.90. The van der Waals surface area contributed by atoms with E-state index in [0.29, 0.717) is 24.2 Å². The lowest BCUT2D eigenvalue weighted by molar-refractivity contribution is -0.136. The summed E-state index contributed by atoms with van der Waals surface area (Å²) in [6.45, 7) is 0.315. The van der Waals surface area contributed by atoms with Gasteiger partial charge in [0, 0.05) is 18.7 Å². The summed E-state index contributed by atoms with van der Waals surface area (Å²) in [6, 6.07) is 6.22. The molecule has 0 saturated heterocycles. The number of urea groups is 1. The van der Waals surface area contributed by atoms with Gasteiger partial charge in [0.15, 0.2) is 0 Å². The molecular formula is C13H17N3O4. The number of carbonyl (C=O) groups excluding carboxylic acids is 2. The van der Waals surface area contributed by atoms with E-state index in [0.717, 1.165) is 0 Å². The highest BCUT2D eigenvalue weighted by Crippen LogP contribution is 2.15. The molecule has 3 amide bonds. The molecule has 1 aromatic carbocycles. The predicted octanol–water partition coefficient (Wildman–Crippen LogP) is 0.701. The van der Waals surface area contributed by atoms with E-state index in [1.807, 2.05) is 0 Å². The maximum absolute atomic E-state index is 11.6.